The van der Waals surface area contributed by atoms with E-state index in [-0.39, 0.29) is 69.4 Å². The fourth-order valence-corrected chi connectivity index (χ4v) is 7.55. The number of anilines is 2. The largest absolute Gasteiger partial charge is 0.344 e. The molecule has 13 nitrogen and oxygen atoms in total. The molecule has 0 unspecified atom stereocenters. The third-order valence-electron chi connectivity index (χ3n) is 11.3. The lowest BCUT2D eigenvalue weighted by Gasteiger charge is -2.37. The number of hydrogen-bond donors (Lipinski definition) is 2. The molecular weight excluding hydrogens is 929 g/mol. The van der Waals surface area contributed by atoms with E-state index in [0.29, 0.717) is 45.0 Å². The zero-order valence-electron chi connectivity index (χ0n) is 36.7. The van der Waals surface area contributed by atoms with Gasteiger partial charge in [0.2, 0.25) is 0 Å². The first-order valence-corrected chi connectivity index (χ1v) is 22.1. The first-order chi connectivity index (χ1) is 31.9. The van der Waals surface area contributed by atoms with E-state index in [1.54, 1.807) is 15.1 Å². The minimum absolute atomic E-state index is 0.0594. The lowest BCUT2D eigenvalue weighted by molar-refractivity contribution is -0.131. The van der Waals surface area contributed by atoms with Gasteiger partial charge in [-0.25, -0.2) is 27.2 Å². The normalized spacial score (nSPS) is 14.3. The summed E-state index contributed by atoms with van der Waals surface area (Å²) in [7, 11) is 0. The molecule has 0 atom stereocenters. The van der Waals surface area contributed by atoms with E-state index in [9.17, 15) is 50.3 Å². The Kier molecular flexibility index (Phi) is 19.0. The van der Waals surface area contributed by atoms with Crippen LogP contribution in [0.3, 0.4) is 0 Å². The van der Waals surface area contributed by atoms with E-state index in [4.69, 9.17) is 28.9 Å². The van der Waals surface area contributed by atoms with Gasteiger partial charge in [-0.15, -0.1) is 0 Å². The van der Waals surface area contributed by atoms with Crippen LogP contribution in [0, 0.1) is 23.3 Å². The quantitative estimate of drug-likeness (QED) is 0.0980. The van der Waals surface area contributed by atoms with E-state index in [1.807, 2.05) is 6.92 Å². The molecule has 4 aromatic rings. The number of urea groups is 2. The van der Waals surface area contributed by atoms with Gasteiger partial charge in [0.05, 0.1) is 36.2 Å². The van der Waals surface area contributed by atoms with E-state index in [0.717, 1.165) is 44.4 Å². The fraction of sp³-hybridized carbons (Fsp3) is 0.370. The van der Waals surface area contributed by atoms with Gasteiger partial charge in [-0.1, -0.05) is 61.3 Å². The minimum atomic E-state index is -3.27. The number of Topliss-reactive ketones (excluding diaryl/α,β-unsaturated/α-hetero) is 2. The van der Waals surface area contributed by atoms with Crippen molar-refractivity contribution in [1.29, 1.82) is 0 Å². The minimum Gasteiger partial charge on any atom is -0.344 e. The molecule has 2 fully saturated rings. The molecule has 360 valence electrons. The van der Waals surface area contributed by atoms with Crippen molar-refractivity contribution < 1.29 is 50.3 Å². The van der Waals surface area contributed by atoms with Gasteiger partial charge >= 0.3 is 18.5 Å². The summed E-state index contributed by atoms with van der Waals surface area (Å²) in [4.78, 5) is 72.0. The van der Waals surface area contributed by atoms with Crippen molar-refractivity contribution in [2.75, 3.05) is 88.3 Å². The predicted molar refractivity (Wildman–Crippen MR) is 243 cm³/mol. The highest BCUT2D eigenvalue weighted by Crippen LogP contribution is 2.28. The molecular formula is C46H50Cl2F6N8O5. The maximum Gasteiger partial charge on any atom is 0.324 e. The Balaban J connectivity index is 0.000000254. The van der Waals surface area contributed by atoms with E-state index < -0.39 is 54.0 Å². The SMILES string of the molecule is CCN1CCN(C(=O)N(Cc2ccc(C(=O)CN)cc2F)c2ccc(F)c(Cl)c2)CC1.CCN1CCN(C(=O)N(Cc2ccc(C(=O)CNC(=O)C(F)F)cc2F)c2ccc(F)c(Cl)c2)CC1. The van der Waals surface area contributed by atoms with Crippen LogP contribution in [-0.2, 0) is 17.9 Å². The second-order valence-electron chi connectivity index (χ2n) is 15.5. The van der Waals surface area contributed by atoms with Gasteiger partial charge in [0, 0.05) is 86.0 Å². The number of amides is 5. The van der Waals surface area contributed by atoms with Gasteiger partial charge < -0.3 is 30.7 Å². The van der Waals surface area contributed by atoms with Gasteiger partial charge in [-0.3, -0.25) is 24.2 Å². The van der Waals surface area contributed by atoms with E-state index in [2.05, 4.69) is 16.7 Å². The summed E-state index contributed by atoms with van der Waals surface area (Å²) in [5, 5.41) is 1.44. The van der Waals surface area contributed by atoms with Crippen LogP contribution in [0.2, 0.25) is 10.0 Å². The van der Waals surface area contributed by atoms with Crippen LogP contribution in [0.25, 0.3) is 0 Å². The molecule has 0 bridgehead atoms. The molecule has 3 N–H and O–H groups in total. The molecule has 4 aromatic carbocycles. The number of alkyl halides is 2. The number of ketones is 2. The third kappa shape index (κ3) is 13.9. The second kappa shape index (κ2) is 24.3. The second-order valence-corrected chi connectivity index (χ2v) is 16.3. The number of piperazine rings is 2. The summed E-state index contributed by atoms with van der Waals surface area (Å²) >= 11 is 11.9. The van der Waals surface area contributed by atoms with Crippen molar-refractivity contribution in [2.24, 2.45) is 5.73 Å². The summed E-state index contributed by atoms with van der Waals surface area (Å²) in [6.07, 6.45) is -3.27. The number of benzene rings is 4. The van der Waals surface area contributed by atoms with Crippen molar-refractivity contribution in [2.45, 2.75) is 33.4 Å². The highest BCUT2D eigenvalue weighted by Gasteiger charge is 2.29. The van der Waals surface area contributed by atoms with Crippen LogP contribution in [-0.4, -0.2) is 134 Å². The van der Waals surface area contributed by atoms with Crippen molar-refractivity contribution in [3.63, 3.8) is 0 Å². The first kappa shape index (κ1) is 52.2. The van der Waals surface area contributed by atoms with Crippen LogP contribution < -0.4 is 20.9 Å². The molecule has 2 heterocycles. The molecule has 2 aliphatic heterocycles. The number of rotatable bonds is 14. The average molecular weight is 980 g/mol. The summed E-state index contributed by atoms with van der Waals surface area (Å²) < 4.78 is 81.7. The molecule has 2 aliphatic rings. The van der Waals surface area contributed by atoms with Crippen LogP contribution in [0.4, 0.5) is 47.3 Å². The third-order valence-corrected chi connectivity index (χ3v) is 11.9. The monoisotopic (exact) mass is 978 g/mol. The van der Waals surface area contributed by atoms with Gasteiger partial charge in [0.15, 0.2) is 11.6 Å². The van der Waals surface area contributed by atoms with Crippen molar-refractivity contribution in [3.05, 3.63) is 128 Å². The number of nitrogens with two attached hydrogens (primary N) is 1. The molecule has 2 saturated heterocycles. The Hall–Kier alpha value is -5.73. The fourth-order valence-electron chi connectivity index (χ4n) is 7.20. The number of nitrogens with one attached hydrogen (secondary N) is 1. The van der Waals surface area contributed by atoms with Gasteiger partial charge in [0.1, 0.15) is 23.3 Å². The zero-order chi connectivity index (χ0) is 48.9. The summed E-state index contributed by atoms with van der Waals surface area (Å²) in [5.41, 5.74) is 6.27. The molecule has 0 radical (unpaired) electrons. The molecule has 6 rings (SSSR count). The molecule has 0 saturated carbocycles. The summed E-state index contributed by atoms with van der Waals surface area (Å²) in [6.45, 7) is 9.36. The summed E-state index contributed by atoms with van der Waals surface area (Å²) in [5.74, 6) is -5.46. The van der Waals surface area contributed by atoms with E-state index >= 15 is 0 Å². The molecule has 5 amide bonds. The molecule has 0 spiro atoms. The first-order valence-electron chi connectivity index (χ1n) is 21.3. The maximum atomic E-state index is 15.0. The maximum absolute atomic E-state index is 15.0. The highest BCUT2D eigenvalue weighted by atomic mass is 35.5. The van der Waals surface area contributed by atoms with Crippen LogP contribution in [0.5, 0.6) is 0 Å². The van der Waals surface area contributed by atoms with Gasteiger partial charge in [-0.05, 0) is 61.6 Å². The number of likely N-dealkylation sites (N-methyl/N-ethyl adjacent to an activating group) is 2. The van der Waals surface area contributed by atoms with Gasteiger partial charge in [0.25, 0.3) is 5.91 Å². The lowest BCUT2D eigenvalue weighted by Crippen LogP contribution is -2.52. The van der Waals surface area contributed by atoms with Crippen molar-refractivity contribution in [3.8, 4) is 0 Å². The van der Waals surface area contributed by atoms with Crippen molar-refractivity contribution >= 4 is 64.1 Å². The number of nitrogens with zero attached hydrogens (tertiary/aromatic N) is 6. The zero-order valence-corrected chi connectivity index (χ0v) is 38.2. The lowest BCUT2D eigenvalue weighted by atomic mass is 10.1. The highest BCUT2D eigenvalue weighted by molar-refractivity contribution is 6.31. The topological polar surface area (TPSA) is 143 Å². The van der Waals surface area contributed by atoms with Crippen molar-refractivity contribution in [1.82, 2.24) is 24.9 Å². The number of carbonyl (C=O) groups is 5. The number of halogens is 8. The smallest absolute Gasteiger partial charge is 0.324 e. The standard InChI is InChI=1S/C24H25ClF4N4O3.C22H25ClF2N4O2/c1-2-31-7-9-32(10-8-31)24(36)33(17-5-6-19(26)18(25)12-17)14-16-4-3-15(11-20(16)27)21(34)13-30-23(35)22(28)29;1-2-27-7-9-28(10-8-27)22(31)29(17-5-6-19(24)18(23)12-17)14-16-4-3-15(11-20(16)25)21(30)13-26/h3-6,11-12,22H,2,7-10,13-14H2,1H3,(H,30,35);3-6,11-12H,2,7-10,13-14,26H2,1H3. The number of hydrogen-bond acceptors (Lipinski definition) is 8. The van der Waals surface area contributed by atoms with Crippen LogP contribution in [0.1, 0.15) is 45.7 Å². The Morgan fingerprint density at radius 2 is 1.00 bits per heavy atom. The Bertz CT molecular complexity index is 2420. The molecule has 21 heteroatoms. The van der Waals surface area contributed by atoms with Crippen LogP contribution >= 0.6 is 23.2 Å². The molecule has 67 heavy (non-hydrogen) atoms. The summed E-state index contributed by atoms with van der Waals surface area (Å²) in [6, 6.07) is 14.5. The molecule has 0 aliphatic carbocycles. The Labute approximate surface area is 393 Å². The predicted octanol–water partition coefficient (Wildman–Crippen LogP) is 7.47. The Morgan fingerprint density at radius 3 is 1.34 bits per heavy atom. The Morgan fingerprint density at radius 1 is 0.597 bits per heavy atom. The number of carbonyl (C=O) groups excluding carboxylic acids is 5. The molecule has 0 aromatic heterocycles. The average Bonchev–Trinajstić information content (AvgIpc) is 3.33. The van der Waals surface area contributed by atoms with E-state index in [1.165, 1.54) is 64.4 Å². The van der Waals surface area contributed by atoms with Gasteiger partial charge in [-0.2, -0.15) is 8.78 Å². The van der Waals surface area contributed by atoms with Crippen LogP contribution in [0.15, 0.2) is 72.8 Å².